The van der Waals surface area contributed by atoms with Crippen LogP contribution in [-0.2, 0) is 6.61 Å². The molecule has 0 radical (unpaired) electrons. The van der Waals surface area contributed by atoms with Crippen LogP contribution < -0.4 is 15.9 Å². The Balaban J connectivity index is 2.00. The van der Waals surface area contributed by atoms with E-state index in [2.05, 4.69) is 5.10 Å². The van der Waals surface area contributed by atoms with Crippen LogP contribution in [0.3, 0.4) is 0 Å². The molecule has 0 saturated carbocycles. The summed E-state index contributed by atoms with van der Waals surface area (Å²) in [5, 5.41) is 3.52. The largest absolute Gasteiger partial charge is 0.486 e. The van der Waals surface area contributed by atoms with Crippen LogP contribution in [0.15, 0.2) is 47.6 Å². The number of ether oxygens (including phenoxy) is 1. The van der Waals surface area contributed by atoms with E-state index >= 15 is 0 Å². The monoisotopic (exact) mass is 305 g/mol. The van der Waals surface area contributed by atoms with Gasteiger partial charge in [0.2, 0.25) is 0 Å². The van der Waals surface area contributed by atoms with Crippen molar-refractivity contribution in [2.75, 3.05) is 0 Å². The Morgan fingerprint density at radius 2 is 2.09 bits per heavy atom. The number of halogens is 2. The zero-order valence-electron chi connectivity index (χ0n) is 11.4. The zero-order chi connectivity index (χ0) is 15.9. The Kier molecular flexibility index (Phi) is 5.02. The van der Waals surface area contributed by atoms with E-state index in [1.165, 1.54) is 30.5 Å². The second kappa shape index (κ2) is 7.16. The van der Waals surface area contributed by atoms with Crippen molar-refractivity contribution < 1.29 is 18.3 Å². The Morgan fingerprint density at radius 1 is 1.27 bits per heavy atom. The number of hydrogen-bond acceptors (Lipinski definition) is 3. The van der Waals surface area contributed by atoms with Gasteiger partial charge in [0.15, 0.2) is 11.6 Å². The molecule has 0 unspecified atom stereocenters. The molecule has 0 bridgehead atoms. The van der Waals surface area contributed by atoms with Gasteiger partial charge in [0.25, 0.3) is 0 Å². The molecule has 0 fully saturated rings. The van der Waals surface area contributed by atoms with Gasteiger partial charge in [0.05, 0.1) is 6.21 Å². The van der Waals surface area contributed by atoms with Gasteiger partial charge in [0, 0.05) is 0 Å². The molecule has 0 aliphatic carbocycles. The Labute approximate surface area is 125 Å². The number of rotatable bonds is 5. The third-order valence-electron chi connectivity index (χ3n) is 2.63. The highest BCUT2D eigenvalue weighted by Gasteiger charge is 2.05. The van der Waals surface area contributed by atoms with E-state index in [-0.39, 0.29) is 18.2 Å². The average Bonchev–Trinajstić information content (AvgIpc) is 2.46. The zero-order valence-corrected chi connectivity index (χ0v) is 11.4. The van der Waals surface area contributed by atoms with Gasteiger partial charge in [-0.3, -0.25) is 0 Å². The van der Waals surface area contributed by atoms with Crippen molar-refractivity contribution >= 4 is 12.2 Å². The summed E-state index contributed by atoms with van der Waals surface area (Å²) in [6, 6.07) is 9.20. The number of carbonyl (C=O) groups is 1. The summed E-state index contributed by atoms with van der Waals surface area (Å²) in [6.45, 7) is 0.0470. The SMILES string of the molecule is NC(=O)NN=Cc1ccc(OCc2cccc(F)c2)c(F)c1. The molecule has 0 saturated heterocycles. The Bertz CT molecular complexity index is 705. The number of nitrogens with one attached hydrogen (secondary N) is 1. The minimum atomic E-state index is -0.813. The number of hydrogen-bond donors (Lipinski definition) is 2. The lowest BCUT2D eigenvalue weighted by atomic mass is 10.2. The fourth-order valence-electron chi connectivity index (χ4n) is 1.67. The van der Waals surface area contributed by atoms with Gasteiger partial charge in [-0.15, -0.1) is 0 Å². The van der Waals surface area contributed by atoms with Gasteiger partial charge < -0.3 is 10.5 Å². The summed E-state index contributed by atoms with van der Waals surface area (Å²) in [5.41, 5.74) is 7.84. The van der Waals surface area contributed by atoms with E-state index in [9.17, 15) is 13.6 Å². The normalized spacial score (nSPS) is 10.6. The lowest BCUT2D eigenvalue weighted by Gasteiger charge is -2.08. The molecule has 5 nitrogen and oxygen atoms in total. The lowest BCUT2D eigenvalue weighted by molar-refractivity contribution is 0.249. The van der Waals surface area contributed by atoms with Crippen molar-refractivity contribution in [3.8, 4) is 5.75 Å². The molecule has 0 heterocycles. The Morgan fingerprint density at radius 3 is 2.77 bits per heavy atom. The molecule has 3 N–H and O–H groups in total. The van der Waals surface area contributed by atoms with Gasteiger partial charge in [-0.2, -0.15) is 5.10 Å². The van der Waals surface area contributed by atoms with E-state index in [1.54, 1.807) is 18.2 Å². The molecule has 7 heteroatoms. The summed E-state index contributed by atoms with van der Waals surface area (Å²) in [6.07, 6.45) is 1.24. The summed E-state index contributed by atoms with van der Waals surface area (Å²) < 4.78 is 32.2. The first kappa shape index (κ1) is 15.4. The van der Waals surface area contributed by atoms with Crippen molar-refractivity contribution in [1.29, 1.82) is 0 Å². The lowest BCUT2D eigenvalue weighted by Crippen LogP contribution is -2.24. The maximum Gasteiger partial charge on any atom is 0.332 e. The third kappa shape index (κ3) is 4.55. The standard InChI is InChI=1S/C15H13F2N3O2/c16-12-3-1-2-11(6-12)9-22-14-5-4-10(7-13(14)17)8-19-20-15(18)21/h1-8H,9H2,(H3,18,20,21). The molecule has 22 heavy (non-hydrogen) atoms. The molecule has 2 aromatic carbocycles. The number of hydrazone groups is 1. The second-order valence-corrected chi connectivity index (χ2v) is 4.34. The van der Waals surface area contributed by atoms with E-state index in [0.717, 1.165) is 0 Å². The Hall–Kier alpha value is -2.96. The molecule has 114 valence electrons. The molecular weight excluding hydrogens is 292 g/mol. The molecule has 0 spiro atoms. The number of nitrogens with two attached hydrogens (primary N) is 1. The van der Waals surface area contributed by atoms with Crippen molar-refractivity contribution in [2.45, 2.75) is 6.61 Å². The molecule has 0 atom stereocenters. The number of amides is 2. The molecular formula is C15H13F2N3O2. The first-order chi connectivity index (χ1) is 10.5. The van der Waals surface area contributed by atoms with Crippen LogP contribution in [0.1, 0.15) is 11.1 Å². The van der Waals surface area contributed by atoms with Gasteiger partial charge in [-0.1, -0.05) is 12.1 Å². The highest BCUT2D eigenvalue weighted by molar-refractivity contribution is 5.81. The highest BCUT2D eigenvalue weighted by Crippen LogP contribution is 2.19. The first-order valence-electron chi connectivity index (χ1n) is 6.30. The van der Waals surface area contributed by atoms with Crippen LogP contribution in [0.5, 0.6) is 5.75 Å². The van der Waals surface area contributed by atoms with Crippen LogP contribution in [0.2, 0.25) is 0 Å². The van der Waals surface area contributed by atoms with E-state index in [0.29, 0.717) is 11.1 Å². The minimum absolute atomic E-state index is 0.0317. The summed E-state index contributed by atoms with van der Waals surface area (Å²) in [5.74, 6) is -0.946. The highest BCUT2D eigenvalue weighted by atomic mass is 19.1. The van der Waals surface area contributed by atoms with Gasteiger partial charge in [-0.25, -0.2) is 19.0 Å². The average molecular weight is 305 g/mol. The van der Waals surface area contributed by atoms with Crippen molar-refractivity contribution in [3.63, 3.8) is 0 Å². The smallest absolute Gasteiger partial charge is 0.332 e. The number of carbonyl (C=O) groups excluding carboxylic acids is 1. The van der Waals surface area contributed by atoms with Crippen molar-refractivity contribution in [3.05, 3.63) is 65.2 Å². The summed E-state index contributed by atoms with van der Waals surface area (Å²) >= 11 is 0. The molecule has 0 aliphatic rings. The maximum absolute atomic E-state index is 13.8. The number of urea groups is 1. The molecule has 2 rings (SSSR count). The number of primary amides is 1. The topological polar surface area (TPSA) is 76.7 Å². The van der Waals surface area contributed by atoms with Crippen LogP contribution in [-0.4, -0.2) is 12.2 Å². The molecule has 0 aliphatic heterocycles. The van der Waals surface area contributed by atoms with Gasteiger partial charge in [0.1, 0.15) is 12.4 Å². The number of nitrogens with zero attached hydrogens (tertiary/aromatic N) is 1. The fourth-order valence-corrected chi connectivity index (χ4v) is 1.67. The second-order valence-electron chi connectivity index (χ2n) is 4.34. The predicted molar refractivity (Wildman–Crippen MR) is 77.4 cm³/mol. The summed E-state index contributed by atoms with van der Waals surface area (Å²) in [4.78, 5) is 10.4. The van der Waals surface area contributed by atoms with Crippen LogP contribution in [0.25, 0.3) is 0 Å². The van der Waals surface area contributed by atoms with E-state index in [4.69, 9.17) is 10.5 Å². The molecule has 2 amide bonds. The molecule has 2 aromatic rings. The van der Waals surface area contributed by atoms with E-state index < -0.39 is 11.8 Å². The van der Waals surface area contributed by atoms with Gasteiger partial charge in [-0.05, 0) is 41.5 Å². The van der Waals surface area contributed by atoms with Crippen LogP contribution in [0.4, 0.5) is 13.6 Å². The summed E-state index contributed by atoms with van der Waals surface area (Å²) in [7, 11) is 0. The fraction of sp³-hybridized carbons (Fsp3) is 0.0667. The minimum Gasteiger partial charge on any atom is -0.486 e. The maximum atomic E-state index is 13.8. The third-order valence-corrected chi connectivity index (χ3v) is 2.63. The van der Waals surface area contributed by atoms with Crippen molar-refractivity contribution in [2.24, 2.45) is 10.8 Å². The molecule has 0 aromatic heterocycles. The van der Waals surface area contributed by atoms with Gasteiger partial charge >= 0.3 is 6.03 Å². The van der Waals surface area contributed by atoms with Crippen LogP contribution >= 0.6 is 0 Å². The number of benzene rings is 2. The first-order valence-corrected chi connectivity index (χ1v) is 6.30. The quantitative estimate of drug-likeness (QED) is 0.658. The van der Waals surface area contributed by atoms with E-state index in [1.807, 2.05) is 5.43 Å². The van der Waals surface area contributed by atoms with Crippen molar-refractivity contribution in [1.82, 2.24) is 5.43 Å². The predicted octanol–water partition coefficient (Wildman–Crippen LogP) is 2.55. The van der Waals surface area contributed by atoms with Crippen LogP contribution in [0, 0.1) is 11.6 Å².